The zero-order chi connectivity index (χ0) is 16.7. The fourth-order valence-electron chi connectivity index (χ4n) is 2.54. The first kappa shape index (κ1) is 16.1. The van der Waals surface area contributed by atoms with Crippen LogP contribution >= 0.6 is 0 Å². The number of ether oxygens (including phenoxy) is 1. The smallest absolute Gasteiger partial charge is 0.497 e. The summed E-state index contributed by atoms with van der Waals surface area (Å²) in [5.41, 5.74) is 1.37. The fourth-order valence-corrected chi connectivity index (χ4v) is 2.54. The molecule has 1 saturated heterocycles. The lowest BCUT2D eigenvalue weighted by Gasteiger charge is -2.32. The highest BCUT2D eigenvalue weighted by Crippen LogP contribution is 2.36. The van der Waals surface area contributed by atoms with Crippen molar-refractivity contribution in [2.45, 2.75) is 45.4 Å². The van der Waals surface area contributed by atoms with Gasteiger partial charge < -0.3 is 14.0 Å². The maximum Gasteiger partial charge on any atom is 0.514 e. The van der Waals surface area contributed by atoms with Gasteiger partial charge in [-0.05, 0) is 51.5 Å². The van der Waals surface area contributed by atoms with Crippen LogP contribution in [0.15, 0.2) is 36.5 Å². The Morgan fingerprint density at radius 1 is 1.04 bits per heavy atom. The summed E-state index contributed by atoms with van der Waals surface area (Å²) in [5, 5.41) is 4.42. The Balaban J connectivity index is 1.80. The van der Waals surface area contributed by atoms with Gasteiger partial charge in [0.15, 0.2) is 0 Å². The Bertz CT molecular complexity index is 663. The van der Waals surface area contributed by atoms with E-state index in [0.29, 0.717) is 6.54 Å². The molecule has 3 rings (SSSR count). The third kappa shape index (κ3) is 3.01. The second kappa shape index (κ2) is 5.69. The zero-order valence-electron chi connectivity index (χ0n) is 14.4. The standard InChI is InChI=1S/C17H23BN2O3/c1-16(2)17(3,4)23-18(22-16)15-10-11-19-20(15)12-13-6-8-14(21-5)9-7-13/h6-11H,12H2,1-5H3. The van der Waals surface area contributed by atoms with Crippen molar-refractivity contribution in [3.05, 3.63) is 42.1 Å². The minimum atomic E-state index is -0.402. The van der Waals surface area contributed by atoms with E-state index in [4.69, 9.17) is 14.0 Å². The van der Waals surface area contributed by atoms with Gasteiger partial charge in [0.1, 0.15) is 5.75 Å². The number of methoxy groups -OCH3 is 1. The lowest BCUT2D eigenvalue weighted by atomic mass is 9.84. The molecular formula is C17H23BN2O3. The van der Waals surface area contributed by atoms with Gasteiger partial charge in [-0.1, -0.05) is 12.1 Å². The van der Waals surface area contributed by atoms with E-state index in [1.54, 1.807) is 13.3 Å². The van der Waals surface area contributed by atoms with Crippen LogP contribution in [0, 0.1) is 0 Å². The van der Waals surface area contributed by atoms with E-state index in [-0.39, 0.29) is 11.2 Å². The summed E-state index contributed by atoms with van der Waals surface area (Å²) in [5.74, 6) is 0.848. The van der Waals surface area contributed by atoms with Crippen LogP contribution in [0.1, 0.15) is 33.3 Å². The summed E-state index contributed by atoms with van der Waals surface area (Å²) in [6, 6.07) is 9.93. The number of aromatic nitrogens is 2. The van der Waals surface area contributed by atoms with Crippen LogP contribution < -0.4 is 10.3 Å². The van der Waals surface area contributed by atoms with E-state index in [2.05, 4.69) is 32.8 Å². The molecule has 1 fully saturated rings. The third-order valence-corrected chi connectivity index (χ3v) is 4.74. The Hall–Kier alpha value is -1.79. The molecule has 0 bridgehead atoms. The molecule has 1 aromatic carbocycles. The maximum atomic E-state index is 6.12. The van der Waals surface area contributed by atoms with Gasteiger partial charge in [-0.15, -0.1) is 0 Å². The normalized spacial score (nSPS) is 19.1. The molecule has 1 aliphatic heterocycles. The molecule has 5 nitrogen and oxygen atoms in total. The molecule has 1 aromatic heterocycles. The predicted molar refractivity (Wildman–Crippen MR) is 90.0 cm³/mol. The second-order valence-electron chi connectivity index (χ2n) is 6.85. The van der Waals surface area contributed by atoms with E-state index < -0.39 is 7.12 Å². The van der Waals surface area contributed by atoms with Gasteiger partial charge in [0.05, 0.1) is 30.4 Å². The second-order valence-corrected chi connectivity index (χ2v) is 6.85. The molecule has 1 aliphatic rings. The average molecular weight is 314 g/mol. The Kier molecular flexibility index (Phi) is 3.98. The number of rotatable bonds is 4. The molecule has 0 spiro atoms. The lowest BCUT2D eigenvalue weighted by molar-refractivity contribution is 0.00578. The highest BCUT2D eigenvalue weighted by atomic mass is 16.7. The summed E-state index contributed by atoms with van der Waals surface area (Å²) >= 11 is 0. The van der Waals surface area contributed by atoms with Crippen molar-refractivity contribution in [3.8, 4) is 5.75 Å². The lowest BCUT2D eigenvalue weighted by Crippen LogP contribution is -2.41. The van der Waals surface area contributed by atoms with E-state index in [0.717, 1.165) is 16.9 Å². The van der Waals surface area contributed by atoms with Gasteiger partial charge in [-0.25, -0.2) is 0 Å². The summed E-state index contributed by atoms with van der Waals surface area (Å²) < 4.78 is 19.4. The van der Waals surface area contributed by atoms with Gasteiger partial charge >= 0.3 is 7.12 Å². The van der Waals surface area contributed by atoms with Crippen LogP contribution in [-0.4, -0.2) is 35.2 Å². The largest absolute Gasteiger partial charge is 0.514 e. The van der Waals surface area contributed by atoms with Crippen molar-refractivity contribution in [2.75, 3.05) is 7.11 Å². The van der Waals surface area contributed by atoms with E-state index in [1.165, 1.54) is 0 Å². The summed E-state index contributed by atoms with van der Waals surface area (Å²) in [6.45, 7) is 8.87. The number of benzene rings is 1. The van der Waals surface area contributed by atoms with E-state index in [9.17, 15) is 0 Å². The average Bonchev–Trinajstić information content (AvgIpc) is 3.02. The quantitative estimate of drug-likeness (QED) is 0.812. The Morgan fingerprint density at radius 3 is 2.22 bits per heavy atom. The zero-order valence-corrected chi connectivity index (χ0v) is 14.4. The Morgan fingerprint density at radius 2 is 1.65 bits per heavy atom. The fraction of sp³-hybridized carbons (Fsp3) is 0.471. The van der Waals surface area contributed by atoms with Crippen molar-refractivity contribution in [2.24, 2.45) is 0 Å². The monoisotopic (exact) mass is 314 g/mol. The van der Waals surface area contributed by atoms with E-state index >= 15 is 0 Å². The van der Waals surface area contributed by atoms with Crippen LogP contribution in [-0.2, 0) is 15.9 Å². The van der Waals surface area contributed by atoms with Crippen molar-refractivity contribution < 1.29 is 14.0 Å². The van der Waals surface area contributed by atoms with Crippen LogP contribution in [0.5, 0.6) is 5.75 Å². The topological polar surface area (TPSA) is 45.5 Å². The van der Waals surface area contributed by atoms with Gasteiger partial charge in [0.25, 0.3) is 0 Å². The van der Waals surface area contributed by atoms with Gasteiger partial charge in [-0.2, -0.15) is 5.10 Å². The third-order valence-electron chi connectivity index (χ3n) is 4.74. The van der Waals surface area contributed by atoms with Gasteiger partial charge in [-0.3, -0.25) is 4.68 Å². The summed E-state index contributed by atoms with van der Waals surface area (Å²) in [4.78, 5) is 0. The van der Waals surface area contributed by atoms with E-state index in [1.807, 2.05) is 35.0 Å². The molecule has 2 aromatic rings. The highest BCUT2D eigenvalue weighted by Gasteiger charge is 2.52. The van der Waals surface area contributed by atoms with Crippen LogP contribution in [0.3, 0.4) is 0 Å². The molecule has 0 radical (unpaired) electrons. The Labute approximate surface area is 137 Å². The molecule has 2 heterocycles. The molecular weight excluding hydrogens is 291 g/mol. The SMILES string of the molecule is COc1ccc(Cn2nccc2B2OC(C)(C)C(C)(C)O2)cc1. The van der Waals surface area contributed by atoms with Crippen molar-refractivity contribution in [1.29, 1.82) is 0 Å². The first-order valence-corrected chi connectivity index (χ1v) is 7.83. The number of hydrogen-bond acceptors (Lipinski definition) is 4. The first-order valence-electron chi connectivity index (χ1n) is 7.83. The molecule has 0 N–H and O–H groups in total. The van der Waals surface area contributed by atoms with Crippen molar-refractivity contribution >= 4 is 12.7 Å². The molecule has 0 atom stereocenters. The summed E-state index contributed by atoms with van der Waals surface area (Å²) in [7, 11) is 1.26. The molecule has 0 unspecified atom stereocenters. The maximum absolute atomic E-state index is 6.12. The molecule has 23 heavy (non-hydrogen) atoms. The highest BCUT2D eigenvalue weighted by molar-refractivity contribution is 6.61. The van der Waals surface area contributed by atoms with Crippen LogP contribution in [0.4, 0.5) is 0 Å². The number of nitrogens with zero attached hydrogens (tertiary/aromatic N) is 2. The molecule has 122 valence electrons. The van der Waals surface area contributed by atoms with Crippen molar-refractivity contribution in [3.63, 3.8) is 0 Å². The number of hydrogen-bond donors (Lipinski definition) is 0. The van der Waals surface area contributed by atoms with Crippen LogP contribution in [0.25, 0.3) is 0 Å². The van der Waals surface area contributed by atoms with Gasteiger partial charge in [0, 0.05) is 6.20 Å². The van der Waals surface area contributed by atoms with Crippen molar-refractivity contribution in [1.82, 2.24) is 9.78 Å². The molecule has 0 aliphatic carbocycles. The summed E-state index contributed by atoms with van der Waals surface area (Å²) in [6.07, 6.45) is 1.78. The minimum absolute atomic E-state index is 0.354. The molecule has 0 amide bonds. The predicted octanol–water partition coefficient (Wildman–Crippen LogP) is 2.24. The van der Waals surface area contributed by atoms with Gasteiger partial charge in [0.2, 0.25) is 0 Å². The molecule has 0 saturated carbocycles. The minimum Gasteiger partial charge on any atom is -0.497 e. The molecule has 6 heteroatoms. The first-order chi connectivity index (χ1) is 10.8. The van der Waals surface area contributed by atoms with Crippen LogP contribution in [0.2, 0.25) is 0 Å².